The molecule has 4 nitrogen and oxygen atoms in total. The molecule has 0 fully saturated rings. The second kappa shape index (κ2) is 7.16. The molecule has 0 aliphatic heterocycles. The van der Waals surface area contributed by atoms with Gasteiger partial charge in [-0.15, -0.1) is 24.0 Å². The molecule has 16 heavy (non-hydrogen) atoms. The van der Waals surface area contributed by atoms with Crippen LogP contribution in [0.4, 0.5) is 0 Å². The molecule has 0 unspecified atom stereocenters. The first kappa shape index (κ1) is 15.8. The number of hydrogen-bond donors (Lipinski definition) is 1. The minimum Gasteiger partial charge on any atom is -0.370 e. The summed E-state index contributed by atoms with van der Waals surface area (Å²) in [6, 6.07) is 2.08. The second-order valence-electron chi connectivity index (χ2n) is 3.45. The van der Waals surface area contributed by atoms with Crippen LogP contribution in [-0.2, 0) is 13.6 Å². The molecule has 0 aliphatic rings. The largest absolute Gasteiger partial charge is 0.370 e. The Labute approximate surface area is 122 Å². The molecule has 0 saturated carbocycles. The first-order chi connectivity index (χ1) is 7.04. The van der Waals surface area contributed by atoms with Crippen molar-refractivity contribution < 1.29 is 0 Å². The molecule has 0 aliphatic carbocycles. The Balaban J connectivity index is 0.00000225. The van der Waals surface area contributed by atoms with Gasteiger partial charge in [0.15, 0.2) is 5.96 Å². The average Bonchev–Trinajstić information content (AvgIpc) is 2.45. The fourth-order valence-corrected chi connectivity index (χ4v) is 1.90. The van der Waals surface area contributed by atoms with Crippen LogP contribution in [0.3, 0.4) is 0 Å². The lowest BCUT2D eigenvalue weighted by Crippen LogP contribution is -2.34. The molecule has 0 radical (unpaired) electrons. The van der Waals surface area contributed by atoms with Gasteiger partial charge in [-0.2, -0.15) is 0 Å². The molecule has 1 rings (SSSR count). The van der Waals surface area contributed by atoms with Crippen molar-refractivity contribution in [3.8, 4) is 0 Å². The summed E-state index contributed by atoms with van der Waals surface area (Å²) in [5.41, 5.74) is 6.98. The Kier molecular flexibility index (Phi) is 7.05. The van der Waals surface area contributed by atoms with Crippen LogP contribution in [0.2, 0.25) is 0 Å². The van der Waals surface area contributed by atoms with Gasteiger partial charge < -0.3 is 15.2 Å². The van der Waals surface area contributed by atoms with Gasteiger partial charge in [-0.25, -0.2) is 0 Å². The quantitative estimate of drug-likeness (QED) is 0.480. The lowest BCUT2D eigenvalue weighted by Gasteiger charge is -2.18. The Morgan fingerprint density at radius 1 is 1.62 bits per heavy atom. The van der Waals surface area contributed by atoms with Crippen molar-refractivity contribution in [1.82, 2.24) is 9.47 Å². The molecule has 1 heterocycles. The van der Waals surface area contributed by atoms with Gasteiger partial charge in [-0.05, 0) is 28.9 Å². The molecule has 1 aromatic rings. The number of rotatable bonds is 3. The van der Waals surface area contributed by atoms with Gasteiger partial charge in [-0.3, -0.25) is 4.99 Å². The summed E-state index contributed by atoms with van der Waals surface area (Å²) >= 11 is 3.44. The van der Waals surface area contributed by atoms with Gasteiger partial charge in [0, 0.05) is 37.0 Å². The fraction of sp³-hybridized carbons (Fsp3) is 0.500. The number of nitrogens with zero attached hydrogens (tertiary/aromatic N) is 3. The van der Waals surface area contributed by atoms with E-state index < -0.39 is 0 Å². The lowest BCUT2D eigenvalue weighted by atomic mass is 10.4. The zero-order chi connectivity index (χ0) is 11.4. The van der Waals surface area contributed by atoms with E-state index in [9.17, 15) is 0 Å². The maximum Gasteiger partial charge on any atom is 0.191 e. The number of hydrogen-bond acceptors (Lipinski definition) is 1. The Morgan fingerprint density at radius 2 is 2.25 bits per heavy atom. The molecule has 0 bridgehead atoms. The van der Waals surface area contributed by atoms with Crippen molar-refractivity contribution in [2.75, 3.05) is 13.6 Å². The highest BCUT2D eigenvalue weighted by atomic mass is 127. The van der Waals surface area contributed by atoms with Crippen LogP contribution in [0, 0.1) is 0 Å². The summed E-state index contributed by atoms with van der Waals surface area (Å²) in [4.78, 5) is 6.09. The number of aryl methyl sites for hydroxylation is 1. The van der Waals surface area contributed by atoms with E-state index in [1.807, 2.05) is 32.1 Å². The van der Waals surface area contributed by atoms with E-state index in [0.29, 0.717) is 12.5 Å². The van der Waals surface area contributed by atoms with Crippen molar-refractivity contribution in [2.24, 2.45) is 17.8 Å². The van der Waals surface area contributed by atoms with Crippen molar-refractivity contribution in [3.63, 3.8) is 0 Å². The number of halogens is 2. The van der Waals surface area contributed by atoms with E-state index >= 15 is 0 Å². The van der Waals surface area contributed by atoms with Crippen LogP contribution in [-0.4, -0.2) is 29.0 Å². The van der Waals surface area contributed by atoms with Gasteiger partial charge >= 0.3 is 0 Å². The van der Waals surface area contributed by atoms with Crippen LogP contribution in [0.1, 0.15) is 12.6 Å². The number of aromatic nitrogens is 1. The van der Waals surface area contributed by atoms with Crippen LogP contribution in [0.5, 0.6) is 0 Å². The van der Waals surface area contributed by atoms with Crippen molar-refractivity contribution in [2.45, 2.75) is 13.5 Å². The molecular weight excluding hydrogens is 383 g/mol. The number of aliphatic imine (C=N–C) groups is 1. The van der Waals surface area contributed by atoms with Crippen molar-refractivity contribution >= 4 is 45.9 Å². The van der Waals surface area contributed by atoms with E-state index in [1.54, 1.807) is 0 Å². The zero-order valence-electron chi connectivity index (χ0n) is 9.77. The predicted octanol–water partition coefficient (Wildman–Crippen LogP) is 2.17. The standard InChI is InChI=1S/C10H17BrN4.HI/c1-4-13-10(12)15(3)7-9-5-8(11)6-14(9)2;/h5-6H,4,7H2,1-3H3,(H2,12,13);1H. The average molecular weight is 401 g/mol. The molecule has 2 N–H and O–H groups in total. The molecule has 1 aromatic heterocycles. The fourth-order valence-electron chi connectivity index (χ4n) is 1.33. The molecule has 0 atom stereocenters. The Hall–Kier alpha value is -0.240. The maximum absolute atomic E-state index is 5.79. The van der Waals surface area contributed by atoms with E-state index in [0.717, 1.165) is 11.0 Å². The van der Waals surface area contributed by atoms with Gasteiger partial charge in [0.25, 0.3) is 0 Å². The maximum atomic E-state index is 5.79. The minimum absolute atomic E-state index is 0. The van der Waals surface area contributed by atoms with Crippen LogP contribution >= 0.6 is 39.9 Å². The monoisotopic (exact) mass is 400 g/mol. The van der Waals surface area contributed by atoms with Crippen molar-refractivity contribution in [3.05, 3.63) is 22.4 Å². The minimum atomic E-state index is 0. The summed E-state index contributed by atoms with van der Waals surface area (Å²) in [5.74, 6) is 0.579. The predicted molar refractivity (Wildman–Crippen MR) is 82.2 cm³/mol. The lowest BCUT2D eigenvalue weighted by molar-refractivity contribution is 0.476. The molecule has 0 saturated heterocycles. The zero-order valence-corrected chi connectivity index (χ0v) is 13.7. The van der Waals surface area contributed by atoms with Crippen molar-refractivity contribution in [1.29, 1.82) is 0 Å². The summed E-state index contributed by atoms with van der Waals surface area (Å²) in [7, 11) is 3.95. The SMILES string of the molecule is CCN=C(N)N(C)Cc1cc(Br)cn1C.I. The Bertz CT molecular complexity index is 362. The molecule has 0 amide bonds. The number of nitrogens with two attached hydrogens (primary N) is 1. The van der Waals surface area contributed by atoms with E-state index in [4.69, 9.17) is 5.73 Å². The smallest absolute Gasteiger partial charge is 0.191 e. The van der Waals surface area contributed by atoms with E-state index in [2.05, 4.69) is 31.6 Å². The molecule has 6 heteroatoms. The summed E-state index contributed by atoms with van der Waals surface area (Å²) in [6.07, 6.45) is 2.02. The Morgan fingerprint density at radius 3 is 2.69 bits per heavy atom. The summed E-state index contributed by atoms with van der Waals surface area (Å²) < 4.78 is 3.15. The molecular formula is C10H18BrIN4. The molecule has 92 valence electrons. The van der Waals surface area contributed by atoms with E-state index in [-0.39, 0.29) is 24.0 Å². The first-order valence-electron chi connectivity index (χ1n) is 4.86. The highest BCUT2D eigenvalue weighted by Crippen LogP contribution is 2.14. The highest BCUT2D eigenvalue weighted by molar-refractivity contribution is 14.0. The van der Waals surface area contributed by atoms with Gasteiger partial charge in [-0.1, -0.05) is 0 Å². The van der Waals surface area contributed by atoms with E-state index in [1.165, 1.54) is 5.69 Å². The van der Waals surface area contributed by atoms with Crippen LogP contribution < -0.4 is 5.73 Å². The van der Waals surface area contributed by atoms with Gasteiger partial charge in [0.1, 0.15) is 0 Å². The third-order valence-corrected chi connectivity index (χ3v) is 2.62. The molecule has 0 spiro atoms. The third kappa shape index (κ3) is 4.32. The first-order valence-corrected chi connectivity index (χ1v) is 5.65. The normalized spacial score (nSPS) is 11.1. The van der Waals surface area contributed by atoms with Crippen LogP contribution in [0.25, 0.3) is 0 Å². The van der Waals surface area contributed by atoms with Gasteiger partial charge in [0.05, 0.1) is 6.54 Å². The number of guanidine groups is 1. The topological polar surface area (TPSA) is 46.5 Å². The third-order valence-electron chi connectivity index (χ3n) is 2.18. The highest BCUT2D eigenvalue weighted by Gasteiger charge is 2.06. The second-order valence-corrected chi connectivity index (χ2v) is 4.36. The molecule has 0 aromatic carbocycles. The van der Waals surface area contributed by atoms with Crippen LogP contribution in [0.15, 0.2) is 21.7 Å². The summed E-state index contributed by atoms with van der Waals surface area (Å²) in [6.45, 7) is 3.45. The summed E-state index contributed by atoms with van der Waals surface area (Å²) in [5, 5.41) is 0. The van der Waals surface area contributed by atoms with Gasteiger partial charge in [0.2, 0.25) is 0 Å².